The van der Waals surface area contributed by atoms with Gasteiger partial charge in [-0.2, -0.15) is 0 Å². The van der Waals surface area contributed by atoms with E-state index in [0.717, 1.165) is 6.07 Å². The van der Waals surface area contributed by atoms with E-state index in [0.29, 0.717) is 0 Å². The van der Waals surface area contributed by atoms with Gasteiger partial charge in [0, 0.05) is 5.69 Å². The minimum absolute atomic E-state index is 0.0787. The molecule has 0 fully saturated rings. The third-order valence-electron chi connectivity index (χ3n) is 1.27. The van der Waals surface area contributed by atoms with Crippen molar-refractivity contribution >= 4 is 11.7 Å². The average molecular weight is 183 g/mol. The Kier molecular flexibility index (Phi) is 4.37. The van der Waals surface area contributed by atoms with E-state index in [2.05, 4.69) is 0 Å². The zero-order valence-electron chi connectivity index (χ0n) is 7.61. The molecule has 72 valence electrons. The summed E-state index contributed by atoms with van der Waals surface area (Å²) < 4.78 is 0. The Morgan fingerprint density at radius 3 is 2.31 bits per heavy atom. The van der Waals surface area contributed by atoms with E-state index in [9.17, 15) is 4.79 Å². The van der Waals surface area contributed by atoms with Crippen LogP contribution >= 0.6 is 0 Å². The summed E-state index contributed by atoms with van der Waals surface area (Å²) in [5, 5.41) is 17.4. The van der Waals surface area contributed by atoms with Crippen LogP contribution in [0.5, 0.6) is 5.75 Å². The third kappa shape index (κ3) is 3.02. The molecule has 4 nitrogen and oxygen atoms in total. The molecule has 0 radical (unpaired) electrons. The predicted octanol–water partition coefficient (Wildman–Crippen LogP) is 1.70. The lowest BCUT2D eigenvalue weighted by atomic mass is 10.2. The van der Waals surface area contributed by atoms with E-state index in [1.54, 1.807) is 0 Å². The molecule has 0 atom stereocenters. The zero-order chi connectivity index (χ0) is 10.4. The van der Waals surface area contributed by atoms with Crippen LogP contribution in [-0.2, 0) is 0 Å². The highest BCUT2D eigenvalue weighted by atomic mass is 16.4. The maximum Gasteiger partial charge on any atom is 0.337 e. The van der Waals surface area contributed by atoms with E-state index in [1.165, 1.54) is 12.1 Å². The molecule has 13 heavy (non-hydrogen) atoms. The van der Waals surface area contributed by atoms with Crippen LogP contribution in [0, 0.1) is 0 Å². The Labute approximate surface area is 76.6 Å². The lowest BCUT2D eigenvalue weighted by Crippen LogP contribution is -2.01. The molecule has 0 saturated carbocycles. The molecule has 0 aliphatic carbocycles. The number of hydrogen-bond acceptors (Lipinski definition) is 3. The van der Waals surface area contributed by atoms with Gasteiger partial charge in [0.15, 0.2) is 0 Å². The molecule has 1 rings (SSSR count). The Morgan fingerprint density at radius 2 is 1.92 bits per heavy atom. The highest BCUT2D eigenvalue weighted by Crippen LogP contribution is 2.17. The first kappa shape index (κ1) is 11.3. The summed E-state index contributed by atoms with van der Waals surface area (Å²) >= 11 is 0. The van der Waals surface area contributed by atoms with Gasteiger partial charge in [-0.1, -0.05) is 13.8 Å². The Hall–Kier alpha value is -1.71. The molecule has 0 unspecified atom stereocenters. The first-order valence-electron chi connectivity index (χ1n) is 3.93. The van der Waals surface area contributed by atoms with Gasteiger partial charge in [0.1, 0.15) is 5.75 Å². The molecule has 0 spiro atoms. The number of carboxylic acid groups (broad SMARTS) is 1. The molecule has 1 aromatic rings. The van der Waals surface area contributed by atoms with Crippen LogP contribution in [0.25, 0.3) is 0 Å². The SMILES string of the molecule is CC.Nc1ccc(O)cc1C(=O)O. The van der Waals surface area contributed by atoms with E-state index < -0.39 is 5.97 Å². The van der Waals surface area contributed by atoms with Gasteiger partial charge in [0.05, 0.1) is 5.56 Å². The van der Waals surface area contributed by atoms with E-state index in [1.807, 2.05) is 13.8 Å². The molecule has 0 aliphatic heterocycles. The van der Waals surface area contributed by atoms with Crippen molar-refractivity contribution in [3.05, 3.63) is 23.8 Å². The quantitative estimate of drug-likeness (QED) is 0.457. The summed E-state index contributed by atoms with van der Waals surface area (Å²) in [5.41, 5.74) is 5.37. The number of nitrogens with two attached hydrogens (primary N) is 1. The van der Waals surface area contributed by atoms with Gasteiger partial charge in [-0.3, -0.25) is 0 Å². The largest absolute Gasteiger partial charge is 0.508 e. The second kappa shape index (κ2) is 5.03. The topological polar surface area (TPSA) is 83.5 Å². The van der Waals surface area contributed by atoms with E-state index in [4.69, 9.17) is 15.9 Å². The summed E-state index contributed by atoms with van der Waals surface area (Å²) in [4.78, 5) is 10.4. The standard InChI is InChI=1S/C7H7NO3.C2H6/c8-6-2-1-4(9)3-5(6)7(10)11;1-2/h1-3,9H,8H2,(H,10,11);1-2H3. The first-order chi connectivity index (χ1) is 6.11. The number of anilines is 1. The molecule has 0 saturated heterocycles. The highest BCUT2D eigenvalue weighted by molar-refractivity contribution is 5.94. The monoisotopic (exact) mass is 183 g/mol. The van der Waals surface area contributed by atoms with Gasteiger partial charge in [0.2, 0.25) is 0 Å². The van der Waals surface area contributed by atoms with Crippen molar-refractivity contribution in [2.45, 2.75) is 13.8 Å². The maximum atomic E-state index is 10.4. The summed E-state index contributed by atoms with van der Waals surface area (Å²) in [7, 11) is 0. The number of rotatable bonds is 1. The molecule has 0 heterocycles. The number of benzene rings is 1. The molecule has 0 aromatic heterocycles. The number of carboxylic acids is 1. The van der Waals surface area contributed by atoms with Crippen LogP contribution in [0.3, 0.4) is 0 Å². The van der Waals surface area contributed by atoms with Gasteiger partial charge < -0.3 is 15.9 Å². The van der Waals surface area contributed by atoms with Crippen molar-refractivity contribution in [3.8, 4) is 5.75 Å². The highest BCUT2D eigenvalue weighted by Gasteiger charge is 2.07. The number of phenols is 1. The predicted molar refractivity (Wildman–Crippen MR) is 50.8 cm³/mol. The maximum absolute atomic E-state index is 10.4. The molecule has 0 bridgehead atoms. The first-order valence-corrected chi connectivity index (χ1v) is 3.93. The third-order valence-corrected chi connectivity index (χ3v) is 1.27. The van der Waals surface area contributed by atoms with Crippen molar-refractivity contribution in [1.82, 2.24) is 0 Å². The fraction of sp³-hybridized carbons (Fsp3) is 0.222. The minimum Gasteiger partial charge on any atom is -0.508 e. The normalized spacial score (nSPS) is 8.46. The zero-order valence-corrected chi connectivity index (χ0v) is 7.61. The van der Waals surface area contributed by atoms with Crippen molar-refractivity contribution < 1.29 is 15.0 Å². The number of nitrogen functional groups attached to an aromatic ring is 1. The lowest BCUT2D eigenvalue weighted by Gasteiger charge is -1.99. The summed E-state index contributed by atoms with van der Waals surface area (Å²) in [6.45, 7) is 4.00. The van der Waals surface area contributed by atoms with Crippen molar-refractivity contribution in [2.75, 3.05) is 5.73 Å². The van der Waals surface area contributed by atoms with Crippen LogP contribution in [0.1, 0.15) is 24.2 Å². The number of hydrogen-bond donors (Lipinski definition) is 3. The van der Waals surface area contributed by atoms with Gasteiger partial charge in [0.25, 0.3) is 0 Å². The fourth-order valence-electron chi connectivity index (χ4n) is 0.729. The van der Waals surface area contributed by atoms with Gasteiger partial charge in [-0.25, -0.2) is 4.79 Å². The Bertz CT molecular complexity index is 297. The average Bonchev–Trinajstić information content (AvgIpc) is 2.12. The fourth-order valence-corrected chi connectivity index (χ4v) is 0.729. The van der Waals surface area contributed by atoms with Crippen molar-refractivity contribution in [3.63, 3.8) is 0 Å². The number of phenolic OH excluding ortho intramolecular Hbond substituents is 1. The summed E-state index contributed by atoms with van der Waals surface area (Å²) in [6, 6.07) is 3.79. The molecule has 0 aliphatic rings. The molecule has 4 N–H and O–H groups in total. The second-order valence-corrected chi connectivity index (χ2v) is 2.08. The Balaban J connectivity index is 0.000000671. The van der Waals surface area contributed by atoms with Crippen molar-refractivity contribution in [1.29, 1.82) is 0 Å². The number of carbonyl (C=O) groups is 1. The van der Waals surface area contributed by atoms with Crippen LogP contribution in [0.2, 0.25) is 0 Å². The molecule has 1 aromatic carbocycles. The van der Waals surface area contributed by atoms with Crippen LogP contribution < -0.4 is 5.73 Å². The Morgan fingerprint density at radius 1 is 1.38 bits per heavy atom. The smallest absolute Gasteiger partial charge is 0.337 e. The molecule has 0 amide bonds. The summed E-state index contributed by atoms with van der Waals surface area (Å²) in [5.74, 6) is -1.24. The van der Waals surface area contributed by atoms with Crippen molar-refractivity contribution in [2.24, 2.45) is 0 Å². The second-order valence-electron chi connectivity index (χ2n) is 2.08. The van der Waals surface area contributed by atoms with Crippen LogP contribution in [-0.4, -0.2) is 16.2 Å². The van der Waals surface area contributed by atoms with E-state index in [-0.39, 0.29) is 17.0 Å². The van der Waals surface area contributed by atoms with Crippen LogP contribution in [0.15, 0.2) is 18.2 Å². The van der Waals surface area contributed by atoms with Gasteiger partial charge >= 0.3 is 5.97 Å². The number of aromatic hydroxyl groups is 1. The molecule has 4 heteroatoms. The van der Waals surface area contributed by atoms with Gasteiger partial charge in [-0.05, 0) is 18.2 Å². The van der Waals surface area contributed by atoms with Crippen LogP contribution in [0.4, 0.5) is 5.69 Å². The molecular weight excluding hydrogens is 170 g/mol. The summed E-state index contributed by atoms with van der Waals surface area (Å²) in [6.07, 6.45) is 0. The minimum atomic E-state index is -1.14. The molecular formula is C9H13NO3. The lowest BCUT2D eigenvalue weighted by molar-refractivity contribution is 0.0697. The van der Waals surface area contributed by atoms with E-state index >= 15 is 0 Å². The number of aromatic carboxylic acids is 1. The van der Waals surface area contributed by atoms with Gasteiger partial charge in [-0.15, -0.1) is 0 Å².